The van der Waals surface area contributed by atoms with Gasteiger partial charge in [-0.1, -0.05) is 46.3 Å². The molecule has 2 aromatic carbocycles. The average molecular weight is 576 g/mol. The molecule has 188 valence electrons. The summed E-state index contributed by atoms with van der Waals surface area (Å²) in [6, 6.07) is 23.3. The van der Waals surface area contributed by atoms with Crippen LogP contribution in [-0.2, 0) is 4.79 Å². The monoisotopic (exact) mass is 574 g/mol. The summed E-state index contributed by atoms with van der Waals surface area (Å²) in [6.07, 6.45) is 2.05. The highest BCUT2D eigenvalue weighted by molar-refractivity contribution is 9.10. The molecule has 2 atom stereocenters. The summed E-state index contributed by atoms with van der Waals surface area (Å²) >= 11 is 9.22. The van der Waals surface area contributed by atoms with Crippen LogP contribution in [0.1, 0.15) is 41.1 Å². The fraction of sp³-hybridized carbons (Fsp3) is 0.207. The number of thiocarbonyl (C=S) groups is 1. The van der Waals surface area contributed by atoms with Gasteiger partial charge < -0.3 is 20.0 Å². The number of hydrogen-bond donors (Lipinski definition) is 2. The van der Waals surface area contributed by atoms with Crippen LogP contribution < -0.4 is 10.6 Å². The van der Waals surface area contributed by atoms with Crippen molar-refractivity contribution in [2.45, 2.75) is 32.4 Å². The first-order valence-corrected chi connectivity index (χ1v) is 13.3. The van der Waals surface area contributed by atoms with Crippen molar-refractivity contribution in [2.24, 2.45) is 0 Å². The molecule has 1 aliphatic heterocycles. The Kier molecular flexibility index (Phi) is 7.39. The van der Waals surface area contributed by atoms with Gasteiger partial charge in [-0.25, -0.2) is 0 Å². The minimum atomic E-state index is -0.250. The third-order valence-corrected chi connectivity index (χ3v) is 7.37. The van der Waals surface area contributed by atoms with Crippen molar-refractivity contribution in [1.29, 1.82) is 0 Å². The standard InChI is InChI=1S/C29H27BrN4O2S/c1-18-6-7-19(2)23(17-18)32-26(35)14-16-34-28(27(33-29(34)37)22-5-3-4-15-31-22)25-13-12-24(36-25)20-8-10-21(30)11-9-20/h3-13,15,17,27-28H,14,16H2,1-2H3,(H,32,35)(H,33,37). The second kappa shape index (κ2) is 10.9. The Balaban J connectivity index is 1.39. The number of nitrogens with one attached hydrogen (secondary N) is 2. The molecule has 0 aliphatic carbocycles. The number of pyridine rings is 1. The number of nitrogens with zero attached hydrogens (tertiary/aromatic N) is 2. The molecule has 0 spiro atoms. The van der Waals surface area contributed by atoms with Gasteiger partial charge in [-0.2, -0.15) is 0 Å². The maximum absolute atomic E-state index is 12.9. The van der Waals surface area contributed by atoms with E-state index in [9.17, 15) is 4.79 Å². The van der Waals surface area contributed by atoms with Gasteiger partial charge in [0.05, 0.1) is 11.7 Å². The van der Waals surface area contributed by atoms with E-state index in [4.69, 9.17) is 16.6 Å². The number of amides is 1. The molecule has 1 saturated heterocycles. The lowest BCUT2D eigenvalue weighted by Gasteiger charge is -2.26. The summed E-state index contributed by atoms with van der Waals surface area (Å²) in [7, 11) is 0. The maximum atomic E-state index is 12.9. The van der Waals surface area contributed by atoms with Gasteiger partial charge in [0.15, 0.2) is 5.11 Å². The zero-order chi connectivity index (χ0) is 25.9. The first-order valence-electron chi connectivity index (χ1n) is 12.1. The number of anilines is 1. The van der Waals surface area contributed by atoms with Gasteiger partial charge in [0.25, 0.3) is 0 Å². The second-order valence-electron chi connectivity index (χ2n) is 9.15. The lowest BCUT2D eigenvalue weighted by molar-refractivity contribution is -0.116. The fourth-order valence-electron chi connectivity index (χ4n) is 4.54. The third kappa shape index (κ3) is 5.60. The van der Waals surface area contributed by atoms with Crippen LogP contribution in [-0.4, -0.2) is 27.4 Å². The number of aromatic nitrogens is 1. The van der Waals surface area contributed by atoms with Crippen LogP contribution in [0.4, 0.5) is 5.69 Å². The molecule has 2 aromatic heterocycles. The summed E-state index contributed by atoms with van der Waals surface area (Å²) in [6.45, 7) is 4.44. The number of carbonyl (C=O) groups is 1. The summed E-state index contributed by atoms with van der Waals surface area (Å²) in [5.41, 5.74) is 4.81. The van der Waals surface area contributed by atoms with Crippen LogP contribution in [0.3, 0.4) is 0 Å². The van der Waals surface area contributed by atoms with Crippen molar-refractivity contribution in [1.82, 2.24) is 15.2 Å². The first-order chi connectivity index (χ1) is 17.9. The van der Waals surface area contributed by atoms with E-state index in [0.717, 1.165) is 44.1 Å². The molecule has 3 heterocycles. The zero-order valence-corrected chi connectivity index (χ0v) is 23.0. The lowest BCUT2D eigenvalue weighted by atomic mass is 10.0. The van der Waals surface area contributed by atoms with Gasteiger partial charge in [0.2, 0.25) is 5.91 Å². The van der Waals surface area contributed by atoms with E-state index in [0.29, 0.717) is 11.7 Å². The van der Waals surface area contributed by atoms with Gasteiger partial charge in [-0.05, 0) is 79.7 Å². The number of benzene rings is 2. The molecule has 2 N–H and O–H groups in total. The smallest absolute Gasteiger partial charge is 0.226 e. The highest BCUT2D eigenvalue weighted by Crippen LogP contribution is 2.40. The van der Waals surface area contributed by atoms with Crippen molar-refractivity contribution in [2.75, 3.05) is 11.9 Å². The molecule has 6 nitrogen and oxygen atoms in total. The highest BCUT2D eigenvalue weighted by atomic mass is 79.9. The summed E-state index contributed by atoms with van der Waals surface area (Å²) in [5.74, 6) is 1.47. The fourth-order valence-corrected chi connectivity index (χ4v) is 5.14. The Morgan fingerprint density at radius 1 is 1.11 bits per heavy atom. The number of hydrogen-bond acceptors (Lipinski definition) is 4. The van der Waals surface area contributed by atoms with Crippen LogP contribution >= 0.6 is 28.1 Å². The summed E-state index contributed by atoms with van der Waals surface area (Å²) in [4.78, 5) is 19.5. The molecule has 1 fully saturated rings. The number of halogens is 1. The molecule has 5 rings (SSSR count). The third-order valence-electron chi connectivity index (χ3n) is 6.49. The van der Waals surface area contributed by atoms with E-state index in [-0.39, 0.29) is 24.4 Å². The van der Waals surface area contributed by atoms with E-state index in [1.165, 1.54) is 0 Å². The van der Waals surface area contributed by atoms with Crippen LogP contribution in [0.25, 0.3) is 11.3 Å². The molecule has 2 unspecified atom stereocenters. The SMILES string of the molecule is Cc1ccc(C)c(NC(=O)CCN2C(=S)NC(c3ccccn3)C2c2ccc(-c3ccc(Br)cc3)o2)c1. The van der Waals surface area contributed by atoms with E-state index in [2.05, 4.69) is 31.5 Å². The quantitative estimate of drug-likeness (QED) is 0.239. The predicted molar refractivity (Wildman–Crippen MR) is 153 cm³/mol. The average Bonchev–Trinajstić information content (AvgIpc) is 3.50. The zero-order valence-electron chi connectivity index (χ0n) is 20.6. The molecule has 1 amide bonds. The normalized spacial score (nSPS) is 17.1. The molecule has 1 aliphatic rings. The molecule has 0 bridgehead atoms. The van der Waals surface area contributed by atoms with Crippen molar-refractivity contribution in [3.63, 3.8) is 0 Å². The Labute approximate surface area is 230 Å². The summed E-state index contributed by atoms with van der Waals surface area (Å²) in [5, 5.41) is 7.03. The van der Waals surface area contributed by atoms with Crippen molar-refractivity contribution < 1.29 is 9.21 Å². The minimum absolute atomic E-state index is 0.0634. The highest BCUT2D eigenvalue weighted by Gasteiger charge is 2.41. The molecular weight excluding hydrogens is 548 g/mol. The van der Waals surface area contributed by atoms with Gasteiger partial charge >= 0.3 is 0 Å². The van der Waals surface area contributed by atoms with Gasteiger partial charge in [-0.3, -0.25) is 9.78 Å². The lowest BCUT2D eigenvalue weighted by Crippen LogP contribution is -2.32. The first kappa shape index (κ1) is 25.2. The Morgan fingerprint density at radius 3 is 2.68 bits per heavy atom. The number of rotatable bonds is 7. The predicted octanol–water partition coefficient (Wildman–Crippen LogP) is 6.72. The van der Waals surface area contributed by atoms with Crippen LogP contribution in [0.15, 0.2) is 87.9 Å². The Hall–Kier alpha value is -3.49. The van der Waals surface area contributed by atoms with E-state index >= 15 is 0 Å². The van der Waals surface area contributed by atoms with Gasteiger partial charge in [0, 0.05) is 34.9 Å². The summed E-state index contributed by atoms with van der Waals surface area (Å²) < 4.78 is 7.38. The van der Waals surface area contributed by atoms with Gasteiger partial charge in [-0.15, -0.1) is 0 Å². The molecule has 0 radical (unpaired) electrons. The molecule has 37 heavy (non-hydrogen) atoms. The molecular formula is C29H27BrN4O2S. The van der Waals surface area contributed by atoms with Crippen molar-refractivity contribution >= 4 is 44.9 Å². The van der Waals surface area contributed by atoms with E-state index in [1.807, 2.05) is 91.5 Å². The number of furan rings is 1. The second-order valence-corrected chi connectivity index (χ2v) is 10.4. The van der Waals surface area contributed by atoms with Crippen LogP contribution in [0, 0.1) is 13.8 Å². The molecule has 8 heteroatoms. The topological polar surface area (TPSA) is 70.4 Å². The van der Waals surface area contributed by atoms with E-state index < -0.39 is 0 Å². The van der Waals surface area contributed by atoms with Gasteiger partial charge in [0.1, 0.15) is 17.6 Å². The Morgan fingerprint density at radius 2 is 1.92 bits per heavy atom. The largest absolute Gasteiger partial charge is 0.459 e. The molecule has 0 saturated carbocycles. The number of aryl methyl sites for hydroxylation is 2. The van der Waals surface area contributed by atoms with E-state index in [1.54, 1.807) is 6.20 Å². The maximum Gasteiger partial charge on any atom is 0.226 e. The van der Waals surface area contributed by atoms with Crippen molar-refractivity contribution in [3.8, 4) is 11.3 Å². The minimum Gasteiger partial charge on any atom is -0.459 e. The van der Waals surface area contributed by atoms with Crippen molar-refractivity contribution in [3.05, 3.63) is 106 Å². The Bertz CT molecular complexity index is 1420. The number of carbonyl (C=O) groups excluding carboxylic acids is 1. The van der Waals surface area contributed by atoms with Crippen LogP contribution in [0.2, 0.25) is 0 Å². The van der Waals surface area contributed by atoms with Crippen LogP contribution in [0.5, 0.6) is 0 Å². The molecule has 4 aromatic rings.